The summed E-state index contributed by atoms with van der Waals surface area (Å²) in [6.07, 6.45) is 0. The SMILES string of the molecule is Nc1ccccc1S(=O)Cc1ccc(Cl)s1. The molecule has 1 unspecified atom stereocenters. The summed E-state index contributed by atoms with van der Waals surface area (Å²) in [6, 6.07) is 10.9. The molecule has 5 heteroatoms. The predicted molar refractivity (Wildman–Crippen MR) is 70.3 cm³/mol. The Balaban J connectivity index is 2.18. The molecule has 2 aromatic rings. The van der Waals surface area contributed by atoms with Crippen molar-refractivity contribution in [2.45, 2.75) is 10.6 Å². The van der Waals surface area contributed by atoms with E-state index >= 15 is 0 Å². The molecule has 0 fully saturated rings. The lowest BCUT2D eigenvalue weighted by molar-refractivity contribution is 0.683. The van der Waals surface area contributed by atoms with Gasteiger partial charge in [-0.05, 0) is 24.3 Å². The Morgan fingerprint density at radius 3 is 2.62 bits per heavy atom. The Labute approximate surface area is 106 Å². The fourth-order valence-corrected chi connectivity index (χ4v) is 3.84. The maximum absolute atomic E-state index is 12.0. The van der Waals surface area contributed by atoms with Gasteiger partial charge in [-0.1, -0.05) is 23.7 Å². The zero-order chi connectivity index (χ0) is 11.5. The van der Waals surface area contributed by atoms with Crippen molar-refractivity contribution in [3.63, 3.8) is 0 Å². The number of anilines is 1. The van der Waals surface area contributed by atoms with Crippen LogP contribution in [-0.4, -0.2) is 4.21 Å². The van der Waals surface area contributed by atoms with E-state index in [-0.39, 0.29) is 0 Å². The van der Waals surface area contributed by atoms with Crippen molar-refractivity contribution in [1.29, 1.82) is 0 Å². The van der Waals surface area contributed by atoms with Gasteiger partial charge in [-0.15, -0.1) is 11.3 Å². The minimum atomic E-state index is -1.11. The van der Waals surface area contributed by atoms with Gasteiger partial charge in [0.15, 0.2) is 0 Å². The third kappa shape index (κ3) is 2.64. The van der Waals surface area contributed by atoms with Crippen molar-refractivity contribution in [3.05, 3.63) is 45.6 Å². The van der Waals surface area contributed by atoms with Gasteiger partial charge in [0.05, 0.1) is 25.8 Å². The Bertz CT molecular complexity index is 524. The Kier molecular flexibility index (Phi) is 3.63. The number of benzene rings is 1. The van der Waals surface area contributed by atoms with Crippen LogP contribution in [0.15, 0.2) is 41.3 Å². The van der Waals surface area contributed by atoms with E-state index in [0.29, 0.717) is 20.7 Å². The van der Waals surface area contributed by atoms with Crippen LogP contribution in [0.3, 0.4) is 0 Å². The van der Waals surface area contributed by atoms with Crippen LogP contribution in [0.25, 0.3) is 0 Å². The molecule has 0 saturated heterocycles. The summed E-state index contributed by atoms with van der Waals surface area (Å²) in [5.74, 6) is 0.464. The second kappa shape index (κ2) is 4.99. The van der Waals surface area contributed by atoms with Crippen LogP contribution in [0.1, 0.15) is 4.88 Å². The molecule has 2 N–H and O–H groups in total. The van der Waals surface area contributed by atoms with Gasteiger partial charge in [0.1, 0.15) is 0 Å². The molecule has 0 aliphatic carbocycles. The van der Waals surface area contributed by atoms with Crippen molar-refractivity contribution < 1.29 is 4.21 Å². The van der Waals surface area contributed by atoms with Gasteiger partial charge in [-0.3, -0.25) is 4.21 Å². The molecule has 2 nitrogen and oxygen atoms in total. The number of nitrogen functional groups attached to an aromatic ring is 1. The average Bonchev–Trinajstić information content (AvgIpc) is 2.64. The number of thiophene rings is 1. The molecule has 84 valence electrons. The second-order valence-electron chi connectivity index (χ2n) is 3.23. The molecule has 1 heterocycles. The Morgan fingerprint density at radius 1 is 1.25 bits per heavy atom. The smallest absolute Gasteiger partial charge is 0.0931 e. The molecule has 0 bridgehead atoms. The number of hydrogen-bond donors (Lipinski definition) is 1. The molecule has 1 atom stereocenters. The van der Waals surface area contributed by atoms with E-state index in [1.165, 1.54) is 11.3 Å². The lowest BCUT2D eigenvalue weighted by Gasteiger charge is -2.03. The summed E-state index contributed by atoms with van der Waals surface area (Å²) < 4.78 is 12.8. The second-order valence-corrected chi connectivity index (χ2v) is 6.45. The first kappa shape index (κ1) is 11.6. The fourth-order valence-electron chi connectivity index (χ4n) is 1.32. The van der Waals surface area contributed by atoms with Gasteiger partial charge >= 0.3 is 0 Å². The Morgan fingerprint density at radius 2 is 2.00 bits per heavy atom. The van der Waals surface area contributed by atoms with Crippen molar-refractivity contribution in [2.24, 2.45) is 0 Å². The summed E-state index contributed by atoms with van der Waals surface area (Å²) in [4.78, 5) is 1.69. The summed E-state index contributed by atoms with van der Waals surface area (Å²) in [6.45, 7) is 0. The first-order valence-corrected chi connectivity index (χ1v) is 7.15. The highest BCUT2D eigenvalue weighted by molar-refractivity contribution is 7.84. The van der Waals surface area contributed by atoms with Gasteiger partial charge in [-0.2, -0.15) is 0 Å². The topological polar surface area (TPSA) is 43.1 Å². The molecule has 0 saturated carbocycles. The number of halogens is 1. The molecule has 0 aliphatic rings. The number of nitrogens with two attached hydrogens (primary N) is 1. The highest BCUT2D eigenvalue weighted by Crippen LogP contribution is 2.25. The molecule has 0 spiro atoms. The quantitative estimate of drug-likeness (QED) is 0.871. The van der Waals surface area contributed by atoms with E-state index in [2.05, 4.69) is 0 Å². The summed E-state index contributed by atoms with van der Waals surface area (Å²) >= 11 is 7.26. The van der Waals surface area contributed by atoms with Crippen molar-refractivity contribution in [2.75, 3.05) is 5.73 Å². The molecule has 1 aromatic carbocycles. The molecular weight excluding hydrogens is 262 g/mol. The van der Waals surface area contributed by atoms with Gasteiger partial charge < -0.3 is 5.73 Å². The molecule has 1 aromatic heterocycles. The summed E-state index contributed by atoms with van der Waals surface area (Å²) in [7, 11) is -1.11. The van der Waals surface area contributed by atoms with Crippen molar-refractivity contribution in [1.82, 2.24) is 0 Å². The maximum atomic E-state index is 12.0. The lowest BCUT2D eigenvalue weighted by Crippen LogP contribution is -1.99. The average molecular weight is 272 g/mol. The van der Waals surface area contributed by atoms with Crippen LogP contribution in [0, 0.1) is 0 Å². The maximum Gasteiger partial charge on any atom is 0.0931 e. The molecule has 0 aliphatic heterocycles. The van der Waals surface area contributed by atoms with Crippen molar-refractivity contribution >= 4 is 39.4 Å². The first-order valence-electron chi connectivity index (χ1n) is 4.64. The predicted octanol–water partition coefficient (Wildman–Crippen LogP) is 3.29. The number of rotatable bonds is 3. The van der Waals surface area contributed by atoms with E-state index in [4.69, 9.17) is 17.3 Å². The summed E-state index contributed by atoms with van der Waals surface area (Å²) in [5.41, 5.74) is 6.34. The van der Waals surface area contributed by atoms with Gasteiger partial charge in [0.2, 0.25) is 0 Å². The van der Waals surface area contributed by atoms with E-state index in [1.54, 1.807) is 12.1 Å². The zero-order valence-corrected chi connectivity index (χ0v) is 10.7. The Hall–Kier alpha value is -0.840. The van der Waals surface area contributed by atoms with E-state index in [0.717, 1.165) is 4.88 Å². The van der Waals surface area contributed by atoms with E-state index in [9.17, 15) is 4.21 Å². The lowest BCUT2D eigenvalue weighted by atomic mass is 10.3. The van der Waals surface area contributed by atoms with E-state index in [1.807, 2.05) is 24.3 Å². The van der Waals surface area contributed by atoms with Crippen LogP contribution in [0.4, 0.5) is 5.69 Å². The highest BCUT2D eigenvalue weighted by Gasteiger charge is 2.09. The third-order valence-corrected chi connectivity index (χ3v) is 4.92. The first-order chi connectivity index (χ1) is 7.66. The number of para-hydroxylation sites is 1. The normalized spacial score (nSPS) is 12.6. The molecule has 16 heavy (non-hydrogen) atoms. The van der Waals surface area contributed by atoms with Gasteiger partial charge in [0, 0.05) is 10.6 Å². The largest absolute Gasteiger partial charge is 0.398 e. The van der Waals surface area contributed by atoms with Crippen LogP contribution >= 0.6 is 22.9 Å². The number of hydrogen-bond acceptors (Lipinski definition) is 3. The van der Waals surface area contributed by atoms with Gasteiger partial charge in [0.25, 0.3) is 0 Å². The third-order valence-electron chi connectivity index (χ3n) is 2.07. The van der Waals surface area contributed by atoms with E-state index < -0.39 is 10.8 Å². The molecule has 2 rings (SSSR count). The molecular formula is C11H10ClNOS2. The monoisotopic (exact) mass is 271 g/mol. The van der Waals surface area contributed by atoms with Crippen LogP contribution in [-0.2, 0) is 16.6 Å². The fraction of sp³-hybridized carbons (Fsp3) is 0.0909. The standard InChI is InChI=1S/C11H10ClNOS2/c12-11-6-5-8(15-11)7-16(14)10-4-2-1-3-9(10)13/h1-6H,7,13H2. The zero-order valence-electron chi connectivity index (χ0n) is 8.35. The van der Waals surface area contributed by atoms with Crippen molar-refractivity contribution in [3.8, 4) is 0 Å². The van der Waals surface area contributed by atoms with Crippen LogP contribution in [0.2, 0.25) is 4.34 Å². The minimum absolute atomic E-state index is 0.464. The van der Waals surface area contributed by atoms with Gasteiger partial charge in [-0.25, -0.2) is 0 Å². The van der Waals surface area contributed by atoms with Crippen LogP contribution in [0.5, 0.6) is 0 Å². The summed E-state index contributed by atoms with van der Waals surface area (Å²) in [5, 5.41) is 0. The molecule has 0 radical (unpaired) electrons. The minimum Gasteiger partial charge on any atom is -0.398 e. The highest BCUT2D eigenvalue weighted by atomic mass is 35.5. The van der Waals surface area contributed by atoms with Crippen LogP contribution < -0.4 is 5.73 Å². The molecule has 0 amide bonds.